The van der Waals surface area contributed by atoms with Gasteiger partial charge < -0.3 is 11.1 Å². The first-order valence-electron chi connectivity index (χ1n) is 5.68. The summed E-state index contributed by atoms with van der Waals surface area (Å²) in [5.41, 5.74) is 5.24. The van der Waals surface area contributed by atoms with Gasteiger partial charge in [-0.25, -0.2) is 13.2 Å². The average molecular weight is 258 g/mol. The van der Waals surface area contributed by atoms with Crippen LogP contribution in [-0.4, -0.2) is 18.5 Å². The van der Waals surface area contributed by atoms with Crippen molar-refractivity contribution in [2.75, 3.05) is 6.54 Å². The minimum absolute atomic E-state index is 0.178. The molecule has 0 aromatic heterocycles. The molecule has 1 aliphatic carbocycles. The van der Waals surface area contributed by atoms with Gasteiger partial charge in [0.05, 0.1) is 5.56 Å². The first-order valence-corrected chi connectivity index (χ1v) is 5.68. The highest BCUT2D eigenvalue weighted by Gasteiger charge is 2.29. The van der Waals surface area contributed by atoms with E-state index >= 15 is 0 Å². The fourth-order valence-corrected chi connectivity index (χ4v) is 1.70. The Balaban J connectivity index is 2.02. The van der Waals surface area contributed by atoms with E-state index in [-0.39, 0.29) is 12.6 Å². The number of hydrogen-bond donors (Lipinski definition) is 2. The molecular weight excluding hydrogens is 245 g/mol. The second-order valence-electron chi connectivity index (χ2n) is 4.43. The molecule has 1 aromatic carbocycles. The van der Waals surface area contributed by atoms with E-state index < -0.39 is 28.9 Å². The summed E-state index contributed by atoms with van der Waals surface area (Å²) in [4.78, 5) is 11.6. The summed E-state index contributed by atoms with van der Waals surface area (Å²) in [6.07, 6.45) is 2.05. The van der Waals surface area contributed by atoms with Crippen molar-refractivity contribution < 1.29 is 18.0 Å². The van der Waals surface area contributed by atoms with Gasteiger partial charge in [-0.15, -0.1) is 0 Å². The van der Waals surface area contributed by atoms with E-state index in [1.165, 1.54) is 0 Å². The molecule has 1 fully saturated rings. The van der Waals surface area contributed by atoms with Crippen molar-refractivity contribution in [1.82, 2.24) is 5.32 Å². The third-order valence-corrected chi connectivity index (χ3v) is 3.01. The molecule has 1 aromatic rings. The Morgan fingerprint density at radius 2 is 2.00 bits per heavy atom. The lowest BCUT2D eigenvalue weighted by Gasteiger charge is -2.12. The molecule has 0 heterocycles. The summed E-state index contributed by atoms with van der Waals surface area (Å²) < 4.78 is 38.9. The SMILES string of the molecule is NC(CNC(=O)c1ccc(F)c(F)c1F)C1CC1. The number of hydrogen-bond acceptors (Lipinski definition) is 2. The largest absolute Gasteiger partial charge is 0.350 e. The molecule has 0 radical (unpaired) electrons. The van der Waals surface area contributed by atoms with E-state index in [2.05, 4.69) is 5.32 Å². The number of amides is 1. The number of carbonyl (C=O) groups excluding carboxylic acids is 1. The van der Waals surface area contributed by atoms with Gasteiger partial charge >= 0.3 is 0 Å². The van der Waals surface area contributed by atoms with Gasteiger partial charge in [0.1, 0.15) is 0 Å². The number of rotatable bonds is 4. The Labute approximate surface area is 102 Å². The van der Waals surface area contributed by atoms with Crippen LogP contribution in [0.15, 0.2) is 12.1 Å². The molecule has 1 saturated carbocycles. The molecule has 0 saturated heterocycles. The number of benzene rings is 1. The zero-order valence-corrected chi connectivity index (χ0v) is 9.55. The molecule has 0 bridgehead atoms. The van der Waals surface area contributed by atoms with Crippen molar-refractivity contribution in [2.24, 2.45) is 11.7 Å². The second kappa shape index (κ2) is 4.97. The van der Waals surface area contributed by atoms with Crippen molar-refractivity contribution in [3.05, 3.63) is 35.1 Å². The Kier molecular flexibility index (Phi) is 3.56. The van der Waals surface area contributed by atoms with E-state index in [4.69, 9.17) is 5.73 Å². The highest BCUT2D eigenvalue weighted by Crippen LogP contribution is 2.31. The normalized spacial score (nSPS) is 16.4. The molecule has 6 heteroatoms. The topological polar surface area (TPSA) is 55.1 Å². The van der Waals surface area contributed by atoms with Gasteiger partial charge in [0, 0.05) is 12.6 Å². The molecule has 1 aliphatic rings. The fourth-order valence-electron chi connectivity index (χ4n) is 1.70. The maximum atomic E-state index is 13.3. The van der Waals surface area contributed by atoms with Gasteiger partial charge in [-0.3, -0.25) is 4.79 Å². The van der Waals surface area contributed by atoms with Crippen molar-refractivity contribution in [1.29, 1.82) is 0 Å². The van der Waals surface area contributed by atoms with Crippen LogP contribution in [0.1, 0.15) is 23.2 Å². The molecule has 18 heavy (non-hydrogen) atoms. The number of halogens is 3. The molecule has 1 unspecified atom stereocenters. The van der Waals surface area contributed by atoms with Crippen molar-refractivity contribution in [3.63, 3.8) is 0 Å². The highest BCUT2D eigenvalue weighted by molar-refractivity contribution is 5.94. The Bertz CT molecular complexity index is 475. The van der Waals surface area contributed by atoms with Crippen LogP contribution in [-0.2, 0) is 0 Å². The van der Waals surface area contributed by atoms with E-state index in [9.17, 15) is 18.0 Å². The molecular formula is C12H13F3N2O. The summed E-state index contributed by atoms with van der Waals surface area (Å²) in [7, 11) is 0. The van der Waals surface area contributed by atoms with Gasteiger partial charge in [0.25, 0.3) is 5.91 Å². The molecule has 1 atom stereocenters. The van der Waals surface area contributed by atoms with Crippen molar-refractivity contribution >= 4 is 5.91 Å². The number of nitrogens with one attached hydrogen (secondary N) is 1. The third-order valence-electron chi connectivity index (χ3n) is 3.01. The van der Waals surface area contributed by atoms with Crippen LogP contribution >= 0.6 is 0 Å². The zero-order valence-electron chi connectivity index (χ0n) is 9.55. The average Bonchev–Trinajstić information content (AvgIpc) is 3.17. The summed E-state index contributed by atoms with van der Waals surface area (Å²) in [5.74, 6) is -4.84. The van der Waals surface area contributed by atoms with Crippen LogP contribution < -0.4 is 11.1 Å². The smallest absolute Gasteiger partial charge is 0.254 e. The van der Waals surface area contributed by atoms with Crippen molar-refractivity contribution in [2.45, 2.75) is 18.9 Å². The quantitative estimate of drug-likeness (QED) is 0.805. The maximum Gasteiger partial charge on any atom is 0.254 e. The Morgan fingerprint density at radius 3 is 2.61 bits per heavy atom. The van der Waals surface area contributed by atoms with Gasteiger partial charge in [-0.1, -0.05) is 0 Å². The third kappa shape index (κ3) is 2.64. The van der Waals surface area contributed by atoms with Crippen LogP contribution in [0, 0.1) is 23.4 Å². The summed E-state index contributed by atoms with van der Waals surface area (Å²) in [6, 6.07) is 1.45. The molecule has 3 nitrogen and oxygen atoms in total. The molecule has 0 spiro atoms. The molecule has 0 aliphatic heterocycles. The van der Waals surface area contributed by atoms with E-state index in [1.807, 2.05) is 0 Å². The summed E-state index contributed by atoms with van der Waals surface area (Å²) in [6.45, 7) is 0.196. The van der Waals surface area contributed by atoms with Crippen LogP contribution in [0.3, 0.4) is 0 Å². The fraction of sp³-hybridized carbons (Fsp3) is 0.417. The van der Waals surface area contributed by atoms with Gasteiger partial charge in [-0.2, -0.15) is 0 Å². The van der Waals surface area contributed by atoms with Crippen LogP contribution in [0.4, 0.5) is 13.2 Å². The lowest BCUT2D eigenvalue weighted by molar-refractivity contribution is 0.0945. The maximum absolute atomic E-state index is 13.3. The zero-order chi connectivity index (χ0) is 13.3. The number of carbonyl (C=O) groups is 1. The predicted octanol–water partition coefficient (Wildman–Crippen LogP) is 1.57. The molecule has 2 rings (SSSR count). The van der Waals surface area contributed by atoms with E-state index in [1.54, 1.807) is 0 Å². The van der Waals surface area contributed by atoms with Crippen molar-refractivity contribution in [3.8, 4) is 0 Å². The van der Waals surface area contributed by atoms with Crippen LogP contribution in [0.5, 0.6) is 0 Å². The summed E-state index contributed by atoms with van der Waals surface area (Å²) in [5, 5.41) is 2.41. The Morgan fingerprint density at radius 1 is 1.33 bits per heavy atom. The first kappa shape index (κ1) is 12.9. The van der Waals surface area contributed by atoms with Gasteiger partial charge in [0.2, 0.25) is 0 Å². The number of nitrogens with two attached hydrogens (primary N) is 1. The minimum atomic E-state index is -1.64. The predicted molar refractivity (Wildman–Crippen MR) is 59.3 cm³/mol. The second-order valence-corrected chi connectivity index (χ2v) is 4.43. The van der Waals surface area contributed by atoms with Crippen LogP contribution in [0.25, 0.3) is 0 Å². The van der Waals surface area contributed by atoms with E-state index in [0.717, 1.165) is 18.9 Å². The lowest BCUT2D eigenvalue weighted by Crippen LogP contribution is -2.38. The van der Waals surface area contributed by atoms with Gasteiger partial charge in [-0.05, 0) is 30.9 Å². The monoisotopic (exact) mass is 258 g/mol. The summed E-state index contributed by atoms with van der Waals surface area (Å²) >= 11 is 0. The first-order chi connectivity index (χ1) is 8.50. The molecule has 98 valence electrons. The van der Waals surface area contributed by atoms with E-state index in [0.29, 0.717) is 12.0 Å². The lowest BCUT2D eigenvalue weighted by atomic mass is 10.1. The molecule has 1 amide bonds. The molecule has 3 N–H and O–H groups in total. The Hall–Kier alpha value is -1.56. The minimum Gasteiger partial charge on any atom is -0.350 e. The highest BCUT2D eigenvalue weighted by atomic mass is 19.2. The standard InChI is InChI=1S/C12H13F3N2O/c13-8-4-3-7(10(14)11(8)15)12(18)17-5-9(16)6-1-2-6/h3-4,6,9H,1-2,5,16H2,(H,17,18). The van der Waals surface area contributed by atoms with Crippen LogP contribution in [0.2, 0.25) is 0 Å². The van der Waals surface area contributed by atoms with Gasteiger partial charge in [0.15, 0.2) is 17.5 Å².